The van der Waals surface area contributed by atoms with Gasteiger partial charge in [0.15, 0.2) is 0 Å². The van der Waals surface area contributed by atoms with E-state index in [0.717, 1.165) is 25.7 Å². The van der Waals surface area contributed by atoms with Crippen LogP contribution in [0.25, 0.3) is 0 Å². The molecule has 1 aromatic rings. The number of halogens is 1. The second kappa shape index (κ2) is 6.28. The molecule has 0 amide bonds. The average molecular weight is 318 g/mol. The number of anilines is 1. The van der Waals surface area contributed by atoms with E-state index in [1.807, 2.05) is 0 Å². The van der Waals surface area contributed by atoms with Crippen LogP contribution >= 0.6 is 11.6 Å². The lowest BCUT2D eigenvalue weighted by molar-refractivity contribution is 0.395. The Morgan fingerprint density at radius 2 is 2.20 bits per heavy atom. The van der Waals surface area contributed by atoms with Crippen molar-refractivity contribution >= 4 is 27.4 Å². The first kappa shape index (κ1) is 15.5. The van der Waals surface area contributed by atoms with Gasteiger partial charge in [-0.3, -0.25) is 0 Å². The van der Waals surface area contributed by atoms with Gasteiger partial charge in [-0.2, -0.15) is 4.31 Å². The number of unbranched alkanes of at least 4 members (excludes halogenated alkanes) is 1. The highest BCUT2D eigenvalue weighted by molar-refractivity contribution is 7.89. The molecule has 1 aliphatic carbocycles. The lowest BCUT2D eigenvalue weighted by Crippen LogP contribution is -2.34. The van der Waals surface area contributed by atoms with Crippen molar-refractivity contribution in [3.63, 3.8) is 0 Å². The molecule has 0 atom stereocenters. The molecule has 0 radical (unpaired) electrons. The smallest absolute Gasteiger partial charge is 0.244 e. The van der Waals surface area contributed by atoms with Crippen molar-refractivity contribution in [2.75, 3.05) is 18.9 Å². The molecule has 0 unspecified atom stereocenters. The van der Waals surface area contributed by atoms with Crippen LogP contribution in [0, 0.1) is 0 Å². The van der Waals surface area contributed by atoms with E-state index in [1.165, 1.54) is 12.3 Å². The molecule has 2 rings (SSSR count). The summed E-state index contributed by atoms with van der Waals surface area (Å²) in [6.45, 7) is 2.62. The summed E-state index contributed by atoms with van der Waals surface area (Å²) in [4.78, 5) is 4.23. The highest BCUT2D eigenvalue weighted by Crippen LogP contribution is 2.33. The summed E-state index contributed by atoms with van der Waals surface area (Å²) in [5.41, 5.74) is 0. The number of nitrogens with zero attached hydrogens (tertiary/aromatic N) is 2. The molecule has 0 saturated heterocycles. The lowest BCUT2D eigenvalue weighted by atomic mass is 10.3. The summed E-state index contributed by atoms with van der Waals surface area (Å²) < 4.78 is 27.0. The van der Waals surface area contributed by atoms with Crippen molar-refractivity contribution in [2.24, 2.45) is 0 Å². The van der Waals surface area contributed by atoms with Gasteiger partial charge in [-0.25, -0.2) is 13.4 Å². The molecule has 112 valence electrons. The van der Waals surface area contributed by atoms with Crippen molar-refractivity contribution in [3.05, 3.63) is 17.3 Å². The molecule has 1 fully saturated rings. The molecule has 0 bridgehead atoms. The van der Waals surface area contributed by atoms with Crippen LogP contribution in [0.1, 0.15) is 32.6 Å². The first-order valence-electron chi connectivity index (χ1n) is 6.85. The Hall–Kier alpha value is -0.850. The Labute approximate surface area is 125 Å². The maximum atomic E-state index is 12.7. The van der Waals surface area contributed by atoms with E-state index in [9.17, 15) is 8.42 Å². The third kappa shape index (κ3) is 3.24. The Bertz CT molecular complexity index is 573. The zero-order chi connectivity index (χ0) is 14.8. The van der Waals surface area contributed by atoms with Gasteiger partial charge in [-0.05, 0) is 25.3 Å². The molecule has 1 heterocycles. The van der Waals surface area contributed by atoms with E-state index in [1.54, 1.807) is 11.4 Å². The summed E-state index contributed by atoms with van der Waals surface area (Å²) in [7, 11) is -1.80. The summed E-state index contributed by atoms with van der Waals surface area (Å²) >= 11 is 6.03. The van der Waals surface area contributed by atoms with Crippen molar-refractivity contribution in [2.45, 2.75) is 43.5 Å². The maximum Gasteiger partial charge on any atom is 0.244 e. The Morgan fingerprint density at radius 3 is 2.70 bits per heavy atom. The topological polar surface area (TPSA) is 62.3 Å². The van der Waals surface area contributed by atoms with Crippen LogP contribution in [-0.4, -0.2) is 37.3 Å². The zero-order valence-electron chi connectivity index (χ0n) is 11.8. The molecular formula is C13H20ClN3O2S. The highest BCUT2D eigenvalue weighted by atomic mass is 35.5. The van der Waals surface area contributed by atoms with E-state index in [-0.39, 0.29) is 10.9 Å². The minimum Gasteiger partial charge on any atom is -0.372 e. The predicted molar refractivity (Wildman–Crippen MR) is 80.6 cm³/mol. The standard InChI is InChI=1S/C13H20ClN3O2S/c1-3-4-7-17(10-5-6-10)20(18,19)11-8-12(14)13(15-2)16-9-11/h8-10H,3-7H2,1-2H3,(H,15,16). The van der Waals surface area contributed by atoms with E-state index in [0.29, 0.717) is 17.4 Å². The number of rotatable bonds is 7. The lowest BCUT2D eigenvalue weighted by Gasteiger charge is -2.21. The minimum absolute atomic E-state index is 0.148. The fourth-order valence-corrected chi connectivity index (χ4v) is 4.08. The van der Waals surface area contributed by atoms with Crippen LogP contribution in [-0.2, 0) is 10.0 Å². The van der Waals surface area contributed by atoms with E-state index in [2.05, 4.69) is 17.2 Å². The number of hydrogen-bond acceptors (Lipinski definition) is 4. The SMILES string of the molecule is CCCCN(C1CC1)S(=O)(=O)c1cnc(NC)c(Cl)c1. The summed E-state index contributed by atoms with van der Waals surface area (Å²) in [5, 5.41) is 3.14. The molecule has 7 heteroatoms. The van der Waals surface area contributed by atoms with Gasteiger partial charge >= 0.3 is 0 Å². The van der Waals surface area contributed by atoms with Crippen molar-refractivity contribution < 1.29 is 8.42 Å². The molecular weight excluding hydrogens is 298 g/mol. The third-order valence-electron chi connectivity index (χ3n) is 3.35. The maximum absolute atomic E-state index is 12.7. The highest BCUT2D eigenvalue weighted by Gasteiger charge is 2.37. The Morgan fingerprint density at radius 1 is 1.50 bits per heavy atom. The molecule has 5 nitrogen and oxygen atoms in total. The number of hydrogen-bond donors (Lipinski definition) is 1. The molecule has 0 aromatic carbocycles. The fraction of sp³-hybridized carbons (Fsp3) is 0.615. The van der Waals surface area contributed by atoms with Crippen LogP contribution in [0.3, 0.4) is 0 Å². The van der Waals surface area contributed by atoms with Crippen molar-refractivity contribution in [1.29, 1.82) is 0 Å². The van der Waals surface area contributed by atoms with Crippen molar-refractivity contribution in [1.82, 2.24) is 9.29 Å². The van der Waals surface area contributed by atoms with Gasteiger partial charge in [0.2, 0.25) is 10.0 Å². The molecule has 1 aliphatic rings. The molecule has 20 heavy (non-hydrogen) atoms. The monoisotopic (exact) mass is 317 g/mol. The molecule has 1 saturated carbocycles. The van der Waals surface area contributed by atoms with Gasteiger partial charge < -0.3 is 5.32 Å². The number of sulfonamides is 1. The third-order valence-corrected chi connectivity index (χ3v) is 5.55. The van der Waals surface area contributed by atoms with Crippen molar-refractivity contribution in [3.8, 4) is 0 Å². The number of pyridine rings is 1. The van der Waals surface area contributed by atoms with Gasteiger partial charge in [0.1, 0.15) is 10.7 Å². The van der Waals surface area contributed by atoms with Gasteiger partial charge in [0.05, 0.1) is 5.02 Å². The zero-order valence-corrected chi connectivity index (χ0v) is 13.3. The van der Waals surface area contributed by atoms with E-state index in [4.69, 9.17) is 11.6 Å². The first-order chi connectivity index (χ1) is 9.50. The number of aromatic nitrogens is 1. The van der Waals surface area contributed by atoms with Crippen LogP contribution in [0.15, 0.2) is 17.2 Å². The van der Waals surface area contributed by atoms with Gasteiger partial charge in [0.25, 0.3) is 0 Å². The van der Waals surface area contributed by atoms with E-state index >= 15 is 0 Å². The van der Waals surface area contributed by atoms with E-state index < -0.39 is 10.0 Å². The second-order valence-electron chi connectivity index (χ2n) is 4.95. The average Bonchev–Trinajstić information content (AvgIpc) is 3.23. The molecule has 1 aromatic heterocycles. The molecule has 1 N–H and O–H groups in total. The Kier molecular flexibility index (Phi) is 4.88. The number of nitrogens with one attached hydrogen (secondary N) is 1. The van der Waals surface area contributed by atoms with Crippen LogP contribution in [0.4, 0.5) is 5.82 Å². The normalized spacial score (nSPS) is 15.6. The summed E-state index contributed by atoms with van der Waals surface area (Å²) in [5.74, 6) is 0.483. The fourth-order valence-electron chi connectivity index (χ4n) is 2.06. The largest absolute Gasteiger partial charge is 0.372 e. The van der Waals surface area contributed by atoms with Gasteiger partial charge in [-0.15, -0.1) is 0 Å². The predicted octanol–water partition coefficient (Wildman–Crippen LogP) is 2.73. The minimum atomic E-state index is -3.50. The van der Waals surface area contributed by atoms with Gasteiger partial charge in [-0.1, -0.05) is 24.9 Å². The Balaban J connectivity index is 2.29. The first-order valence-corrected chi connectivity index (χ1v) is 8.67. The quantitative estimate of drug-likeness (QED) is 0.840. The van der Waals surface area contributed by atoms with Crippen LogP contribution < -0.4 is 5.32 Å². The van der Waals surface area contributed by atoms with Crippen LogP contribution in [0.5, 0.6) is 0 Å². The van der Waals surface area contributed by atoms with Gasteiger partial charge in [0, 0.05) is 25.8 Å². The summed E-state index contributed by atoms with van der Waals surface area (Å²) in [6.07, 6.45) is 5.09. The second-order valence-corrected chi connectivity index (χ2v) is 7.25. The molecule has 0 spiro atoms. The van der Waals surface area contributed by atoms with Crippen LogP contribution in [0.2, 0.25) is 5.02 Å². The molecule has 0 aliphatic heterocycles. The summed E-state index contributed by atoms with van der Waals surface area (Å²) in [6, 6.07) is 1.62.